The highest BCUT2D eigenvalue weighted by atomic mass is 16.2. The van der Waals surface area contributed by atoms with E-state index in [1.54, 1.807) is 17.3 Å². The lowest BCUT2D eigenvalue weighted by Crippen LogP contribution is -2.38. The Bertz CT molecular complexity index is 585. The molecule has 1 aliphatic heterocycles. The van der Waals surface area contributed by atoms with Crippen molar-refractivity contribution in [2.24, 2.45) is 0 Å². The van der Waals surface area contributed by atoms with Gasteiger partial charge in [0.05, 0.1) is 18.1 Å². The van der Waals surface area contributed by atoms with Gasteiger partial charge in [0.2, 0.25) is 0 Å². The van der Waals surface area contributed by atoms with Gasteiger partial charge in [0, 0.05) is 11.5 Å². The molecule has 22 heavy (non-hydrogen) atoms. The highest BCUT2D eigenvalue weighted by Gasteiger charge is 2.41. The molecule has 3 rings (SSSR count). The van der Waals surface area contributed by atoms with Gasteiger partial charge in [-0.2, -0.15) is 0 Å². The fourth-order valence-electron chi connectivity index (χ4n) is 3.10. The van der Waals surface area contributed by atoms with Gasteiger partial charge in [-0.15, -0.1) is 0 Å². The second kappa shape index (κ2) is 5.34. The molecule has 0 atom stereocenters. The maximum atomic E-state index is 12.6. The quantitative estimate of drug-likeness (QED) is 0.787. The van der Waals surface area contributed by atoms with E-state index in [0.717, 1.165) is 25.7 Å². The highest BCUT2D eigenvalue weighted by Crippen LogP contribution is 2.29. The van der Waals surface area contributed by atoms with Crippen LogP contribution in [-0.4, -0.2) is 39.4 Å². The zero-order chi connectivity index (χ0) is 15.9. The Hall–Kier alpha value is -1.98. The minimum absolute atomic E-state index is 0.159. The number of carbonyl (C=O) groups excluding carboxylic acids is 2. The van der Waals surface area contributed by atoms with E-state index in [2.05, 4.69) is 9.97 Å². The van der Waals surface area contributed by atoms with Crippen LogP contribution in [0.2, 0.25) is 0 Å². The van der Waals surface area contributed by atoms with E-state index in [1.807, 2.05) is 20.8 Å². The van der Waals surface area contributed by atoms with Crippen LogP contribution in [0, 0.1) is 0 Å². The molecule has 1 saturated heterocycles. The molecule has 1 aliphatic carbocycles. The summed E-state index contributed by atoms with van der Waals surface area (Å²) in [5.74, 6) is 0.506. The molecule has 2 heterocycles. The van der Waals surface area contributed by atoms with Crippen LogP contribution in [0.15, 0.2) is 12.4 Å². The first-order chi connectivity index (χ1) is 10.4. The number of carbonyl (C=O) groups is 2. The molecule has 6 nitrogen and oxygen atoms in total. The van der Waals surface area contributed by atoms with Crippen LogP contribution in [0.5, 0.6) is 0 Å². The van der Waals surface area contributed by atoms with Gasteiger partial charge in [0.1, 0.15) is 12.4 Å². The lowest BCUT2D eigenvalue weighted by molar-refractivity contribution is -0.116. The summed E-state index contributed by atoms with van der Waals surface area (Å²) in [7, 11) is 0. The van der Waals surface area contributed by atoms with Gasteiger partial charge in [0.25, 0.3) is 5.91 Å². The predicted molar refractivity (Wildman–Crippen MR) is 82.6 cm³/mol. The normalized spacial score (nSPS) is 20.3. The zero-order valence-electron chi connectivity index (χ0n) is 13.4. The highest BCUT2D eigenvalue weighted by molar-refractivity contribution is 6.19. The number of urea groups is 1. The molecule has 2 aliphatic rings. The molecule has 1 aromatic heterocycles. The van der Waals surface area contributed by atoms with Crippen LogP contribution in [-0.2, 0) is 10.2 Å². The monoisotopic (exact) mass is 302 g/mol. The third-order valence-corrected chi connectivity index (χ3v) is 4.32. The van der Waals surface area contributed by atoms with Gasteiger partial charge < -0.3 is 4.90 Å². The van der Waals surface area contributed by atoms with Crippen LogP contribution in [0.4, 0.5) is 10.5 Å². The fourth-order valence-corrected chi connectivity index (χ4v) is 3.10. The molecular weight excluding hydrogens is 280 g/mol. The Kier molecular flexibility index (Phi) is 3.62. The largest absolute Gasteiger partial charge is 0.332 e. The van der Waals surface area contributed by atoms with Crippen LogP contribution in [0.1, 0.15) is 52.3 Å². The summed E-state index contributed by atoms with van der Waals surface area (Å²) in [5.41, 5.74) is 0.302. The van der Waals surface area contributed by atoms with Crippen molar-refractivity contribution in [1.29, 1.82) is 0 Å². The third-order valence-electron chi connectivity index (χ3n) is 4.32. The number of anilines is 1. The zero-order valence-corrected chi connectivity index (χ0v) is 13.4. The number of nitrogens with zero attached hydrogens (tertiary/aromatic N) is 4. The molecule has 118 valence electrons. The summed E-state index contributed by atoms with van der Waals surface area (Å²) in [4.78, 5) is 36.3. The molecule has 0 aromatic carbocycles. The number of imide groups is 1. The molecule has 0 unspecified atom stereocenters. The second-order valence-electron chi connectivity index (χ2n) is 7.09. The number of amides is 3. The molecule has 0 bridgehead atoms. The summed E-state index contributed by atoms with van der Waals surface area (Å²) >= 11 is 0. The van der Waals surface area contributed by atoms with Crippen LogP contribution in [0.3, 0.4) is 0 Å². The predicted octanol–water partition coefficient (Wildman–Crippen LogP) is 2.49. The molecule has 0 N–H and O–H groups in total. The Morgan fingerprint density at radius 1 is 1.09 bits per heavy atom. The van der Waals surface area contributed by atoms with E-state index in [0.29, 0.717) is 11.5 Å². The second-order valence-corrected chi connectivity index (χ2v) is 7.09. The Morgan fingerprint density at radius 3 is 2.23 bits per heavy atom. The maximum Gasteiger partial charge on any atom is 0.332 e. The van der Waals surface area contributed by atoms with Crippen molar-refractivity contribution in [3.8, 4) is 0 Å². The molecule has 6 heteroatoms. The average molecular weight is 302 g/mol. The van der Waals surface area contributed by atoms with Gasteiger partial charge in [-0.3, -0.25) is 4.79 Å². The smallest absolute Gasteiger partial charge is 0.312 e. The van der Waals surface area contributed by atoms with Gasteiger partial charge in [0.15, 0.2) is 0 Å². The number of rotatable bonds is 2. The van der Waals surface area contributed by atoms with E-state index in [1.165, 1.54) is 4.90 Å². The SMILES string of the molecule is CC(C)(C)c1ncc(N2C(=O)CN(C3CCCC3)C2=O)cn1. The molecule has 1 aromatic rings. The van der Waals surface area contributed by atoms with E-state index in [4.69, 9.17) is 0 Å². The van der Waals surface area contributed by atoms with Crippen molar-refractivity contribution < 1.29 is 9.59 Å². The number of hydrogen-bond acceptors (Lipinski definition) is 4. The standard InChI is InChI=1S/C16H22N4O2/c1-16(2,3)14-17-8-12(9-18-14)20-13(21)10-19(15(20)22)11-6-4-5-7-11/h8-9,11H,4-7,10H2,1-3H3. The van der Waals surface area contributed by atoms with Crippen molar-refractivity contribution in [1.82, 2.24) is 14.9 Å². The molecular formula is C16H22N4O2. The molecule has 0 radical (unpaired) electrons. The average Bonchev–Trinajstić information content (AvgIpc) is 3.06. The Balaban J connectivity index is 1.82. The van der Waals surface area contributed by atoms with Crippen molar-refractivity contribution in [2.45, 2.75) is 57.9 Å². The van der Waals surface area contributed by atoms with Crippen molar-refractivity contribution in [3.05, 3.63) is 18.2 Å². The molecule has 2 fully saturated rings. The van der Waals surface area contributed by atoms with Crippen molar-refractivity contribution >= 4 is 17.6 Å². The van der Waals surface area contributed by atoms with Crippen LogP contribution < -0.4 is 4.90 Å². The van der Waals surface area contributed by atoms with Crippen molar-refractivity contribution in [2.75, 3.05) is 11.4 Å². The topological polar surface area (TPSA) is 66.4 Å². The van der Waals surface area contributed by atoms with Gasteiger partial charge in [-0.05, 0) is 12.8 Å². The first kappa shape index (κ1) is 14.9. The minimum atomic E-state index is -0.232. The van der Waals surface area contributed by atoms with Crippen LogP contribution >= 0.6 is 0 Å². The molecule has 1 saturated carbocycles. The van der Waals surface area contributed by atoms with E-state index in [-0.39, 0.29) is 29.9 Å². The third kappa shape index (κ3) is 2.58. The first-order valence-electron chi connectivity index (χ1n) is 7.84. The minimum Gasteiger partial charge on any atom is -0.312 e. The molecule has 3 amide bonds. The molecule has 0 spiro atoms. The van der Waals surface area contributed by atoms with E-state index >= 15 is 0 Å². The van der Waals surface area contributed by atoms with E-state index < -0.39 is 0 Å². The summed E-state index contributed by atoms with van der Waals surface area (Å²) in [6.45, 7) is 6.24. The maximum absolute atomic E-state index is 12.6. The summed E-state index contributed by atoms with van der Waals surface area (Å²) in [6.07, 6.45) is 7.39. The lowest BCUT2D eigenvalue weighted by atomic mass is 9.96. The lowest BCUT2D eigenvalue weighted by Gasteiger charge is -2.23. The summed E-state index contributed by atoms with van der Waals surface area (Å²) < 4.78 is 0. The van der Waals surface area contributed by atoms with Crippen LogP contribution in [0.25, 0.3) is 0 Å². The van der Waals surface area contributed by atoms with E-state index in [9.17, 15) is 9.59 Å². The summed E-state index contributed by atoms with van der Waals surface area (Å²) in [5, 5.41) is 0. The Labute approximate surface area is 130 Å². The number of hydrogen-bond donors (Lipinski definition) is 0. The number of aromatic nitrogens is 2. The van der Waals surface area contributed by atoms with Gasteiger partial charge in [-0.1, -0.05) is 33.6 Å². The van der Waals surface area contributed by atoms with Gasteiger partial charge in [-0.25, -0.2) is 19.7 Å². The van der Waals surface area contributed by atoms with Crippen molar-refractivity contribution in [3.63, 3.8) is 0 Å². The summed E-state index contributed by atoms with van der Waals surface area (Å²) in [6, 6.07) is -0.0276. The van der Waals surface area contributed by atoms with Gasteiger partial charge >= 0.3 is 6.03 Å². The Morgan fingerprint density at radius 2 is 1.68 bits per heavy atom. The fraction of sp³-hybridized carbons (Fsp3) is 0.625. The first-order valence-corrected chi connectivity index (χ1v) is 7.84.